The van der Waals surface area contributed by atoms with Gasteiger partial charge in [0.15, 0.2) is 11.8 Å². The molecule has 3 heteroatoms. The number of nitrogens with zero attached hydrogens (tertiary/aromatic N) is 1. The maximum Gasteiger partial charge on any atom is 0.608 e. The molecule has 1 heterocycles. The molecule has 0 atom stereocenters. The molecule has 0 bridgehead atoms. The Morgan fingerprint density at radius 2 is 1.54 bits per heavy atom. The van der Waals surface area contributed by atoms with Gasteiger partial charge in [-0.25, -0.2) is 0 Å². The Morgan fingerprint density at radius 1 is 0.857 bits per heavy atom. The lowest BCUT2D eigenvalue weighted by molar-refractivity contribution is -0.623. The summed E-state index contributed by atoms with van der Waals surface area (Å²) in [5.41, 5.74) is 5.63. The Balaban J connectivity index is 1.96. The van der Waals surface area contributed by atoms with E-state index in [9.17, 15) is 4.79 Å². The summed E-state index contributed by atoms with van der Waals surface area (Å²) in [6.45, 7) is 8.43. The predicted molar refractivity (Wildman–Crippen MR) is 112 cm³/mol. The zero-order valence-electron chi connectivity index (χ0n) is 16.7. The molecule has 28 heavy (non-hydrogen) atoms. The van der Waals surface area contributed by atoms with Gasteiger partial charge in [0.2, 0.25) is 5.69 Å². The highest BCUT2D eigenvalue weighted by Crippen LogP contribution is 2.36. The van der Waals surface area contributed by atoms with Gasteiger partial charge in [-0.2, -0.15) is 4.79 Å². The van der Waals surface area contributed by atoms with Crippen LogP contribution in [0.1, 0.15) is 36.1 Å². The van der Waals surface area contributed by atoms with E-state index in [1.807, 2.05) is 55.6 Å². The van der Waals surface area contributed by atoms with Crippen molar-refractivity contribution >= 4 is 11.0 Å². The molecule has 1 aromatic heterocycles. The lowest BCUT2D eigenvalue weighted by atomic mass is 9.77. The summed E-state index contributed by atoms with van der Waals surface area (Å²) in [7, 11) is 0. The topological polar surface area (TPSA) is 34.1 Å². The molecule has 0 radical (unpaired) electrons. The Kier molecular flexibility index (Phi) is 4.38. The Hall–Kier alpha value is -3.20. The Morgan fingerprint density at radius 3 is 2.21 bits per heavy atom. The van der Waals surface area contributed by atoms with Gasteiger partial charge in [0.05, 0.1) is 5.39 Å². The van der Waals surface area contributed by atoms with Crippen LogP contribution in [0.5, 0.6) is 0 Å². The first-order chi connectivity index (χ1) is 13.4. The highest BCUT2D eigenvalue weighted by Gasteiger charge is 2.28. The molecule has 140 valence electrons. The first-order valence-corrected chi connectivity index (χ1v) is 9.49. The van der Waals surface area contributed by atoms with Gasteiger partial charge in [0.25, 0.3) is 0 Å². The van der Waals surface area contributed by atoms with Gasteiger partial charge < -0.3 is 4.42 Å². The van der Waals surface area contributed by atoms with Gasteiger partial charge in [-0.1, -0.05) is 72.5 Å². The summed E-state index contributed by atoms with van der Waals surface area (Å²) >= 11 is 0. The van der Waals surface area contributed by atoms with Gasteiger partial charge in [-0.3, -0.25) is 0 Å². The van der Waals surface area contributed by atoms with Crippen LogP contribution in [0.25, 0.3) is 16.7 Å². The molecule has 0 fully saturated rings. The lowest BCUT2D eigenvalue weighted by Crippen LogP contribution is -2.46. The van der Waals surface area contributed by atoms with E-state index in [4.69, 9.17) is 4.42 Å². The second kappa shape index (κ2) is 6.75. The molecule has 3 nitrogen and oxygen atoms in total. The number of hydrogen-bond donors (Lipinski definition) is 0. The van der Waals surface area contributed by atoms with Crippen molar-refractivity contribution in [1.29, 1.82) is 0 Å². The fourth-order valence-electron chi connectivity index (χ4n) is 3.70. The molecule has 0 saturated heterocycles. The largest absolute Gasteiger partial charge is 0.608 e. The van der Waals surface area contributed by atoms with Crippen molar-refractivity contribution in [2.24, 2.45) is 0 Å². The molecule has 0 N–H and O–H groups in total. The summed E-state index contributed by atoms with van der Waals surface area (Å²) in [6, 6.07) is 22.3. The minimum atomic E-state index is -0.384. The maximum atomic E-state index is 12.8. The van der Waals surface area contributed by atoms with E-state index in [1.165, 1.54) is 5.56 Å². The summed E-state index contributed by atoms with van der Waals surface area (Å²) < 4.78 is 7.45. The van der Waals surface area contributed by atoms with Gasteiger partial charge in [0, 0.05) is 23.1 Å². The zero-order valence-corrected chi connectivity index (χ0v) is 16.7. The van der Waals surface area contributed by atoms with E-state index in [0.717, 1.165) is 27.8 Å². The predicted octanol–water partition coefficient (Wildman–Crippen LogP) is 5.01. The van der Waals surface area contributed by atoms with Crippen LogP contribution in [-0.2, 0) is 5.41 Å². The van der Waals surface area contributed by atoms with E-state index < -0.39 is 0 Å². The van der Waals surface area contributed by atoms with Crippen molar-refractivity contribution in [2.75, 3.05) is 0 Å². The second-order valence-corrected chi connectivity index (χ2v) is 7.92. The zero-order chi connectivity index (χ0) is 19.9. The van der Waals surface area contributed by atoms with Gasteiger partial charge >= 0.3 is 5.76 Å². The maximum absolute atomic E-state index is 12.8. The lowest BCUT2D eigenvalue weighted by Gasteiger charge is -2.26. The number of rotatable bonds is 3. The third-order valence-corrected chi connectivity index (χ3v) is 5.40. The average Bonchev–Trinajstić information content (AvgIpc) is 2.69. The van der Waals surface area contributed by atoms with Crippen LogP contribution in [0.3, 0.4) is 0 Å². The molecule has 0 aliphatic heterocycles. The molecular weight excluding hydrogens is 346 g/mol. The molecular formula is C25H24NO2+. The van der Waals surface area contributed by atoms with E-state index >= 15 is 0 Å². The molecule has 0 aliphatic carbocycles. The highest BCUT2D eigenvalue weighted by atomic mass is 16.4. The number of hydrogen-bond acceptors (Lipinski definition) is 2. The molecule has 4 rings (SSSR count). The second-order valence-electron chi connectivity index (χ2n) is 7.92. The van der Waals surface area contributed by atoms with E-state index in [0.29, 0.717) is 5.58 Å². The van der Waals surface area contributed by atoms with Crippen molar-refractivity contribution in [3.8, 4) is 5.69 Å². The molecule has 0 spiro atoms. The minimum absolute atomic E-state index is 0.294. The number of aromatic nitrogens is 1. The summed E-state index contributed by atoms with van der Waals surface area (Å²) in [5, 5.41) is 0.916. The van der Waals surface area contributed by atoms with E-state index in [1.54, 1.807) is 4.57 Å². The van der Waals surface area contributed by atoms with E-state index in [2.05, 4.69) is 45.0 Å². The minimum Gasteiger partial charge on any atom is -0.371 e. The first kappa shape index (κ1) is 18.2. The van der Waals surface area contributed by atoms with Crippen molar-refractivity contribution in [3.05, 3.63) is 106 Å². The van der Waals surface area contributed by atoms with Crippen LogP contribution in [0.2, 0.25) is 0 Å². The molecule has 3 aromatic carbocycles. The SMILES string of the molecule is Cc1ccc(-[n+]2cc3cc(C)cc(C(C)(C)c4ccccc4)c3oc2=O)cc1. The number of fused-ring (bicyclic) bond motifs is 1. The first-order valence-electron chi connectivity index (χ1n) is 9.49. The molecule has 0 saturated carbocycles. The molecule has 0 aliphatic rings. The average molecular weight is 370 g/mol. The quantitative estimate of drug-likeness (QED) is 0.475. The fraction of sp³-hybridized carbons (Fsp3) is 0.200. The highest BCUT2D eigenvalue weighted by molar-refractivity contribution is 5.81. The Labute approximate surface area is 164 Å². The van der Waals surface area contributed by atoms with Crippen LogP contribution in [0.15, 0.2) is 82.1 Å². The van der Waals surface area contributed by atoms with Crippen LogP contribution >= 0.6 is 0 Å². The third kappa shape index (κ3) is 3.13. The van der Waals surface area contributed by atoms with Gasteiger partial charge in [-0.15, -0.1) is 0 Å². The van der Waals surface area contributed by atoms with Crippen molar-refractivity contribution in [2.45, 2.75) is 33.1 Å². The van der Waals surface area contributed by atoms with Crippen molar-refractivity contribution in [1.82, 2.24) is 0 Å². The van der Waals surface area contributed by atoms with Crippen molar-refractivity contribution < 1.29 is 8.98 Å². The molecule has 0 amide bonds. The summed E-state index contributed by atoms with van der Waals surface area (Å²) in [6.07, 6.45) is 1.88. The standard InChI is InChI=1S/C25H24NO2/c1-17-10-12-21(13-11-17)26-16-19-14-18(2)15-22(23(19)28-24(26)27)25(3,4)20-8-6-5-7-9-20/h5-16H,1-4H3/q+1. The van der Waals surface area contributed by atoms with E-state index in [-0.39, 0.29) is 11.2 Å². The van der Waals surface area contributed by atoms with Gasteiger partial charge in [-0.05, 0) is 31.0 Å². The number of aryl methyl sites for hydroxylation is 2. The Bertz CT molecular complexity index is 1200. The van der Waals surface area contributed by atoms with Crippen LogP contribution in [0.4, 0.5) is 0 Å². The molecule has 4 aromatic rings. The van der Waals surface area contributed by atoms with Crippen LogP contribution in [-0.4, -0.2) is 0 Å². The fourth-order valence-corrected chi connectivity index (χ4v) is 3.70. The third-order valence-electron chi connectivity index (χ3n) is 5.40. The summed E-state index contributed by atoms with van der Waals surface area (Å²) in [5.74, 6) is -0.384. The molecule has 0 unspecified atom stereocenters. The van der Waals surface area contributed by atoms with Gasteiger partial charge in [0.1, 0.15) is 0 Å². The van der Waals surface area contributed by atoms with Crippen LogP contribution < -0.4 is 10.3 Å². The van der Waals surface area contributed by atoms with Crippen LogP contribution in [0, 0.1) is 13.8 Å². The summed E-state index contributed by atoms with van der Waals surface area (Å²) in [4.78, 5) is 12.8. The monoisotopic (exact) mass is 370 g/mol. The number of benzene rings is 3. The normalized spacial score (nSPS) is 11.7. The van der Waals surface area contributed by atoms with Crippen molar-refractivity contribution in [3.63, 3.8) is 0 Å². The smallest absolute Gasteiger partial charge is 0.371 e.